The molecule has 4 rings (SSSR count). The Hall–Kier alpha value is -2.33. The molecule has 26 heavy (non-hydrogen) atoms. The number of carbonyl (C=O) groups excluding carboxylic acids is 1. The predicted molar refractivity (Wildman–Crippen MR) is 101 cm³/mol. The van der Waals surface area contributed by atoms with Crippen LogP contribution in [0.2, 0.25) is 0 Å². The van der Waals surface area contributed by atoms with E-state index in [1.807, 2.05) is 12.1 Å². The van der Waals surface area contributed by atoms with E-state index >= 15 is 0 Å². The maximum atomic E-state index is 12.6. The van der Waals surface area contributed by atoms with Gasteiger partial charge in [0, 0.05) is 19.6 Å². The summed E-state index contributed by atoms with van der Waals surface area (Å²) in [7, 11) is 1.73. The fourth-order valence-electron chi connectivity index (χ4n) is 4.29. The molecule has 1 atom stereocenters. The van der Waals surface area contributed by atoms with Crippen LogP contribution in [0.5, 0.6) is 0 Å². The van der Waals surface area contributed by atoms with Gasteiger partial charge < -0.3 is 14.4 Å². The predicted octanol–water partition coefficient (Wildman–Crippen LogP) is 4.44. The quantitative estimate of drug-likeness (QED) is 0.818. The van der Waals surface area contributed by atoms with Crippen molar-refractivity contribution < 1.29 is 14.3 Å². The van der Waals surface area contributed by atoms with Gasteiger partial charge in [0.1, 0.15) is 6.61 Å². The fourth-order valence-corrected chi connectivity index (χ4v) is 4.29. The molecule has 0 bridgehead atoms. The van der Waals surface area contributed by atoms with Gasteiger partial charge in [-0.25, -0.2) is 4.79 Å². The van der Waals surface area contributed by atoms with Crippen LogP contribution in [0, 0.1) is 0 Å². The molecule has 2 aliphatic rings. The molecule has 1 aliphatic carbocycles. The lowest BCUT2D eigenvalue weighted by molar-refractivity contribution is -0.00502. The first kappa shape index (κ1) is 17.1. The van der Waals surface area contributed by atoms with Crippen LogP contribution in [0.4, 0.5) is 4.79 Å². The molecule has 0 N–H and O–H groups in total. The number of ether oxygens (including phenoxy) is 2. The molecule has 1 amide bonds. The number of rotatable bonds is 4. The smallest absolute Gasteiger partial charge is 0.409 e. The van der Waals surface area contributed by atoms with Crippen molar-refractivity contribution in [2.75, 3.05) is 26.8 Å². The van der Waals surface area contributed by atoms with Gasteiger partial charge in [-0.3, -0.25) is 0 Å². The second-order valence-corrected chi connectivity index (χ2v) is 7.22. The molecule has 1 saturated heterocycles. The Balaban J connectivity index is 1.48. The first-order valence-corrected chi connectivity index (χ1v) is 9.32. The van der Waals surface area contributed by atoms with E-state index in [4.69, 9.17) is 9.47 Å². The van der Waals surface area contributed by atoms with E-state index in [0.717, 1.165) is 12.8 Å². The summed E-state index contributed by atoms with van der Waals surface area (Å²) in [6.45, 7) is 3.77. The SMILES string of the molecule is CCC1(OC)CCN(C(=O)OCC2c3ccccc3-c3ccccc32)C1. The summed E-state index contributed by atoms with van der Waals surface area (Å²) in [5, 5.41) is 0. The number of likely N-dealkylation sites (tertiary alicyclic amines) is 1. The van der Waals surface area contributed by atoms with E-state index in [2.05, 4.69) is 43.3 Å². The standard InChI is InChI=1S/C22H25NO3/c1-3-22(25-2)12-13-23(15-22)21(24)26-14-20-18-10-6-4-8-16(18)17-9-5-7-11-19(17)20/h4-11,20H,3,12-15H2,1-2H3. The highest BCUT2D eigenvalue weighted by atomic mass is 16.6. The van der Waals surface area contributed by atoms with Gasteiger partial charge in [-0.2, -0.15) is 0 Å². The second kappa shape index (κ2) is 6.76. The van der Waals surface area contributed by atoms with Gasteiger partial charge in [-0.1, -0.05) is 55.5 Å². The summed E-state index contributed by atoms with van der Waals surface area (Å²) in [6.07, 6.45) is 1.53. The van der Waals surface area contributed by atoms with E-state index in [-0.39, 0.29) is 17.6 Å². The topological polar surface area (TPSA) is 38.8 Å². The minimum Gasteiger partial charge on any atom is -0.448 e. The lowest BCUT2D eigenvalue weighted by atomic mass is 9.98. The van der Waals surface area contributed by atoms with E-state index in [1.165, 1.54) is 22.3 Å². The van der Waals surface area contributed by atoms with Crippen LogP contribution < -0.4 is 0 Å². The third kappa shape index (κ3) is 2.78. The lowest BCUT2D eigenvalue weighted by Gasteiger charge is -2.26. The maximum absolute atomic E-state index is 12.6. The van der Waals surface area contributed by atoms with E-state index in [0.29, 0.717) is 19.7 Å². The van der Waals surface area contributed by atoms with Crippen LogP contribution >= 0.6 is 0 Å². The van der Waals surface area contributed by atoms with Crippen LogP contribution in [0.1, 0.15) is 36.8 Å². The Bertz CT molecular complexity index is 767. The first-order valence-electron chi connectivity index (χ1n) is 9.32. The molecule has 2 aromatic rings. The number of methoxy groups -OCH3 is 1. The van der Waals surface area contributed by atoms with Crippen LogP contribution in [-0.2, 0) is 9.47 Å². The molecule has 2 aromatic carbocycles. The minimum atomic E-state index is -0.237. The highest BCUT2D eigenvalue weighted by molar-refractivity contribution is 5.79. The molecule has 4 nitrogen and oxygen atoms in total. The van der Waals surface area contributed by atoms with Crippen molar-refractivity contribution in [2.24, 2.45) is 0 Å². The van der Waals surface area contributed by atoms with Crippen LogP contribution in [0.3, 0.4) is 0 Å². The van der Waals surface area contributed by atoms with Crippen molar-refractivity contribution in [1.82, 2.24) is 4.90 Å². The largest absolute Gasteiger partial charge is 0.448 e. The van der Waals surface area contributed by atoms with Crippen molar-refractivity contribution >= 4 is 6.09 Å². The molecule has 1 heterocycles. The van der Waals surface area contributed by atoms with Crippen LogP contribution in [0.25, 0.3) is 11.1 Å². The molecule has 136 valence electrons. The molecule has 0 spiro atoms. The maximum Gasteiger partial charge on any atom is 0.409 e. The minimum absolute atomic E-state index is 0.104. The Kier molecular flexibility index (Phi) is 4.45. The number of hydrogen-bond donors (Lipinski definition) is 0. The second-order valence-electron chi connectivity index (χ2n) is 7.22. The summed E-state index contributed by atoms with van der Waals surface area (Å²) in [6, 6.07) is 16.8. The third-order valence-corrected chi connectivity index (χ3v) is 5.99. The van der Waals surface area contributed by atoms with Crippen LogP contribution in [0.15, 0.2) is 48.5 Å². The molecule has 0 radical (unpaired) electrons. The summed E-state index contributed by atoms with van der Waals surface area (Å²) in [4.78, 5) is 14.4. The Morgan fingerprint density at radius 3 is 2.27 bits per heavy atom. The number of benzene rings is 2. The van der Waals surface area contributed by atoms with Gasteiger partial charge in [0.2, 0.25) is 0 Å². The van der Waals surface area contributed by atoms with Gasteiger partial charge in [0.05, 0.1) is 12.1 Å². The average Bonchev–Trinajstić information content (AvgIpc) is 3.27. The molecule has 1 aliphatic heterocycles. The number of carbonyl (C=O) groups is 1. The summed E-state index contributed by atoms with van der Waals surface area (Å²) in [5.41, 5.74) is 4.75. The highest BCUT2D eigenvalue weighted by Crippen LogP contribution is 2.44. The Morgan fingerprint density at radius 1 is 1.12 bits per heavy atom. The number of hydrogen-bond acceptors (Lipinski definition) is 3. The average molecular weight is 351 g/mol. The monoisotopic (exact) mass is 351 g/mol. The molecule has 1 fully saturated rings. The number of nitrogens with zero attached hydrogens (tertiary/aromatic N) is 1. The van der Waals surface area contributed by atoms with E-state index < -0.39 is 0 Å². The van der Waals surface area contributed by atoms with Gasteiger partial charge in [-0.15, -0.1) is 0 Å². The van der Waals surface area contributed by atoms with Gasteiger partial charge >= 0.3 is 6.09 Å². The molecular formula is C22H25NO3. The molecule has 1 unspecified atom stereocenters. The lowest BCUT2D eigenvalue weighted by Crippen LogP contribution is -2.37. The zero-order chi connectivity index (χ0) is 18.1. The van der Waals surface area contributed by atoms with Crippen LogP contribution in [-0.4, -0.2) is 43.4 Å². The van der Waals surface area contributed by atoms with Crippen molar-refractivity contribution in [1.29, 1.82) is 0 Å². The Morgan fingerprint density at radius 2 is 1.73 bits per heavy atom. The van der Waals surface area contributed by atoms with Crippen molar-refractivity contribution in [3.63, 3.8) is 0 Å². The van der Waals surface area contributed by atoms with Gasteiger partial charge in [0.15, 0.2) is 0 Å². The van der Waals surface area contributed by atoms with E-state index in [9.17, 15) is 4.79 Å². The zero-order valence-corrected chi connectivity index (χ0v) is 15.4. The van der Waals surface area contributed by atoms with Gasteiger partial charge in [-0.05, 0) is 35.1 Å². The summed E-state index contributed by atoms with van der Waals surface area (Å²) >= 11 is 0. The molecule has 0 saturated carbocycles. The Labute approximate surface area is 154 Å². The zero-order valence-electron chi connectivity index (χ0n) is 15.4. The fraction of sp³-hybridized carbons (Fsp3) is 0.409. The van der Waals surface area contributed by atoms with E-state index in [1.54, 1.807) is 12.0 Å². The summed E-state index contributed by atoms with van der Waals surface area (Å²) in [5.74, 6) is 0.104. The number of fused-ring (bicyclic) bond motifs is 3. The molecule has 0 aromatic heterocycles. The van der Waals surface area contributed by atoms with Crippen molar-refractivity contribution in [2.45, 2.75) is 31.3 Å². The highest BCUT2D eigenvalue weighted by Gasteiger charge is 2.39. The third-order valence-electron chi connectivity index (χ3n) is 5.99. The van der Waals surface area contributed by atoms with Gasteiger partial charge in [0.25, 0.3) is 0 Å². The first-order chi connectivity index (χ1) is 12.7. The summed E-state index contributed by atoms with van der Waals surface area (Å²) < 4.78 is 11.4. The molecular weight excluding hydrogens is 326 g/mol. The van der Waals surface area contributed by atoms with Crippen molar-refractivity contribution in [3.05, 3.63) is 59.7 Å². The molecule has 4 heteroatoms. The van der Waals surface area contributed by atoms with Crippen molar-refractivity contribution in [3.8, 4) is 11.1 Å². The number of amides is 1. The normalized spacial score (nSPS) is 21.5.